The number of fused-ring (bicyclic) bond motifs is 1. The average molecular weight is 412 g/mol. The second kappa shape index (κ2) is 7.02. The van der Waals surface area contributed by atoms with Crippen LogP contribution in [-0.2, 0) is 16.7 Å². The Labute approximate surface area is 174 Å². The van der Waals surface area contributed by atoms with Crippen molar-refractivity contribution in [3.05, 3.63) is 58.4 Å². The predicted molar refractivity (Wildman–Crippen MR) is 109 cm³/mol. The molecule has 150 valence electrons. The van der Waals surface area contributed by atoms with Crippen LogP contribution in [0.3, 0.4) is 0 Å². The summed E-state index contributed by atoms with van der Waals surface area (Å²) in [6.45, 7) is 0.585. The highest BCUT2D eigenvalue weighted by molar-refractivity contribution is 6.30. The lowest BCUT2D eigenvalue weighted by molar-refractivity contribution is 0.0816. The second-order valence-electron chi connectivity index (χ2n) is 8.04. The summed E-state index contributed by atoms with van der Waals surface area (Å²) in [4.78, 5) is 31.6. The molecule has 0 bridgehead atoms. The van der Waals surface area contributed by atoms with E-state index in [0.29, 0.717) is 23.6 Å². The first-order valence-corrected chi connectivity index (χ1v) is 10.5. The number of benzene rings is 1. The maximum absolute atomic E-state index is 12.8. The van der Waals surface area contributed by atoms with Crippen molar-refractivity contribution in [1.29, 1.82) is 0 Å². The van der Waals surface area contributed by atoms with Crippen LogP contribution in [-0.4, -0.2) is 29.6 Å². The lowest BCUT2D eigenvalue weighted by atomic mass is 9.73. The molecule has 1 N–H and O–H groups in total. The molecule has 29 heavy (non-hydrogen) atoms. The standard InChI is InChI=1S/C22H22ClN3O3/c23-15-4-2-14(3-5-15)20(27)25-22(11-1-12-22)19-9-8-18-17(24-19)10-13-26(18)21(28)29-16-6-7-16/h2-5,8-9,16H,1,6-7,10-13H2,(H,25,27). The second-order valence-corrected chi connectivity index (χ2v) is 8.48. The van der Waals surface area contributed by atoms with Crippen LogP contribution in [0.5, 0.6) is 0 Å². The molecule has 2 amide bonds. The minimum absolute atomic E-state index is 0.0834. The van der Waals surface area contributed by atoms with Gasteiger partial charge in [-0.05, 0) is 68.5 Å². The Kier molecular flexibility index (Phi) is 4.46. The Morgan fingerprint density at radius 1 is 1.14 bits per heavy atom. The number of halogens is 1. The maximum Gasteiger partial charge on any atom is 0.414 e. The molecule has 2 fully saturated rings. The smallest absolute Gasteiger partial charge is 0.414 e. The Bertz CT molecular complexity index is 968. The number of nitrogens with one attached hydrogen (secondary N) is 1. The molecule has 0 spiro atoms. The van der Waals surface area contributed by atoms with Gasteiger partial charge in [0.2, 0.25) is 0 Å². The van der Waals surface area contributed by atoms with Crippen molar-refractivity contribution in [3.63, 3.8) is 0 Å². The average Bonchev–Trinajstić information content (AvgIpc) is 3.40. The number of aromatic nitrogens is 1. The molecular formula is C22H22ClN3O3. The van der Waals surface area contributed by atoms with Gasteiger partial charge < -0.3 is 10.1 Å². The SMILES string of the molecule is O=C(NC1(c2ccc3c(n2)CCN3C(=O)OC2CC2)CCC1)c1ccc(Cl)cc1. The molecule has 1 aromatic carbocycles. The van der Waals surface area contributed by atoms with Crippen LogP contribution in [0.1, 0.15) is 53.8 Å². The lowest BCUT2D eigenvalue weighted by Crippen LogP contribution is -2.51. The molecule has 2 aromatic rings. The van der Waals surface area contributed by atoms with Crippen molar-refractivity contribution in [1.82, 2.24) is 10.3 Å². The van der Waals surface area contributed by atoms with Crippen molar-refractivity contribution in [3.8, 4) is 0 Å². The van der Waals surface area contributed by atoms with E-state index in [1.807, 2.05) is 12.1 Å². The van der Waals surface area contributed by atoms with Crippen LogP contribution < -0.4 is 10.2 Å². The van der Waals surface area contributed by atoms with E-state index < -0.39 is 5.54 Å². The summed E-state index contributed by atoms with van der Waals surface area (Å²) in [7, 11) is 0. The van der Waals surface area contributed by atoms with Gasteiger partial charge in [0.05, 0.1) is 22.6 Å². The zero-order chi connectivity index (χ0) is 20.0. The van der Waals surface area contributed by atoms with Gasteiger partial charge in [0.1, 0.15) is 6.10 Å². The number of rotatable bonds is 4. The fourth-order valence-electron chi connectivity index (χ4n) is 3.98. The maximum atomic E-state index is 12.8. The Balaban J connectivity index is 1.36. The van der Waals surface area contributed by atoms with Gasteiger partial charge in [-0.15, -0.1) is 0 Å². The van der Waals surface area contributed by atoms with Crippen molar-refractivity contribution in [2.75, 3.05) is 11.4 Å². The summed E-state index contributed by atoms with van der Waals surface area (Å²) in [6.07, 6.45) is 5.16. The van der Waals surface area contributed by atoms with E-state index in [1.165, 1.54) is 0 Å². The van der Waals surface area contributed by atoms with E-state index in [-0.39, 0.29) is 18.1 Å². The van der Waals surface area contributed by atoms with Gasteiger partial charge >= 0.3 is 6.09 Å². The number of nitrogens with zero attached hydrogens (tertiary/aromatic N) is 2. The monoisotopic (exact) mass is 411 g/mol. The fraction of sp³-hybridized carbons (Fsp3) is 0.409. The number of hydrogen-bond acceptors (Lipinski definition) is 4. The highest BCUT2D eigenvalue weighted by Gasteiger charge is 2.42. The van der Waals surface area contributed by atoms with Gasteiger partial charge in [-0.1, -0.05) is 11.6 Å². The number of hydrogen-bond donors (Lipinski definition) is 1. The number of pyridine rings is 1. The molecule has 0 saturated heterocycles. The molecule has 3 aliphatic rings. The van der Waals surface area contributed by atoms with Gasteiger partial charge in [-0.2, -0.15) is 0 Å². The van der Waals surface area contributed by atoms with Crippen LogP contribution in [0.15, 0.2) is 36.4 Å². The first-order valence-electron chi connectivity index (χ1n) is 10.1. The number of carbonyl (C=O) groups excluding carboxylic acids is 2. The minimum atomic E-state index is -0.451. The molecule has 6 nitrogen and oxygen atoms in total. The molecule has 0 radical (unpaired) electrons. The van der Waals surface area contributed by atoms with E-state index in [4.69, 9.17) is 21.3 Å². The normalized spacial score (nSPS) is 19.3. The third-order valence-electron chi connectivity index (χ3n) is 5.98. The molecule has 2 aliphatic carbocycles. The number of anilines is 1. The van der Waals surface area contributed by atoms with E-state index in [0.717, 1.165) is 49.2 Å². The van der Waals surface area contributed by atoms with Crippen molar-refractivity contribution in [2.24, 2.45) is 0 Å². The van der Waals surface area contributed by atoms with Crippen LogP contribution in [0.25, 0.3) is 0 Å². The molecule has 2 saturated carbocycles. The third kappa shape index (κ3) is 3.46. The lowest BCUT2D eigenvalue weighted by Gasteiger charge is -2.42. The number of carbonyl (C=O) groups is 2. The van der Waals surface area contributed by atoms with E-state index >= 15 is 0 Å². The molecular weight excluding hydrogens is 390 g/mol. The summed E-state index contributed by atoms with van der Waals surface area (Å²) >= 11 is 5.92. The summed E-state index contributed by atoms with van der Waals surface area (Å²) in [6, 6.07) is 10.8. The molecule has 7 heteroatoms. The van der Waals surface area contributed by atoms with E-state index in [9.17, 15) is 9.59 Å². The highest BCUT2D eigenvalue weighted by Crippen LogP contribution is 2.42. The summed E-state index contributed by atoms with van der Waals surface area (Å²) in [5.74, 6) is -0.127. The molecule has 1 aromatic heterocycles. The van der Waals surface area contributed by atoms with Gasteiger partial charge in [-0.25, -0.2) is 4.79 Å². The zero-order valence-electron chi connectivity index (χ0n) is 16.0. The topological polar surface area (TPSA) is 71.5 Å². The summed E-state index contributed by atoms with van der Waals surface area (Å²) in [5, 5.41) is 3.79. The van der Waals surface area contributed by atoms with Gasteiger partial charge in [0.25, 0.3) is 5.91 Å². The zero-order valence-corrected chi connectivity index (χ0v) is 16.7. The molecule has 2 heterocycles. The van der Waals surface area contributed by atoms with E-state index in [1.54, 1.807) is 29.2 Å². The highest BCUT2D eigenvalue weighted by atomic mass is 35.5. The molecule has 1 aliphatic heterocycles. The summed E-state index contributed by atoms with van der Waals surface area (Å²) < 4.78 is 5.43. The van der Waals surface area contributed by atoms with Gasteiger partial charge in [0.15, 0.2) is 0 Å². The largest absolute Gasteiger partial charge is 0.446 e. The van der Waals surface area contributed by atoms with Gasteiger partial charge in [-0.3, -0.25) is 14.7 Å². The third-order valence-corrected chi connectivity index (χ3v) is 6.23. The number of ether oxygens (including phenoxy) is 1. The fourth-order valence-corrected chi connectivity index (χ4v) is 4.10. The summed E-state index contributed by atoms with van der Waals surface area (Å²) in [5.41, 5.74) is 2.70. The first-order chi connectivity index (χ1) is 14.0. The molecule has 0 atom stereocenters. The van der Waals surface area contributed by atoms with Gasteiger partial charge in [0, 0.05) is 23.6 Å². The van der Waals surface area contributed by atoms with Crippen molar-refractivity contribution < 1.29 is 14.3 Å². The first kappa shape index (κ1) is 18.4. The number of amides is 2. The Hall–Kier alpha value is -2.60. The van der Waals surface area contributed by atoms with E-state index in [2.05, 4.69) is 5.32 Å². The molecule has 0 unspecified atom stereocenters. The van der Waals surface area contributed by atoms with Crippen LogP contribution in [0, 0.1) is 0 Å². The Morgan fingerprint density at radius 3 is 2.55 bits per heavy atom. The minimum Gasteiger partial charge on any atom is -0.446 e. The quantitative estimate of drug-likeness (QED) is 0.818. The Morgan fingerprint density at radius 2 is 1.90 bits per heavy atom. The predicted octanol–water partition coefficient (Wildman–Crippen LogP) is 4.21. The molecule has 5 rings (SSSR count). The van der Waals surface area contributed by atoms with Crippen LogP contribution >= 0.6 is 11.6 Å². The van der Waals surface area contributed by atoms with Crippen molar-refractivity contribution in [2.45, 2.75) is 50.2 Å². The van der Waals surface area contributed by atoms with Crippen LogP contribution in [0.2, 0.25) is 5.02 Å². The van der Waals surface area contributed by atoms with Crippen LogP contribution in [0.4, 0.5) is 10.5 Å². The van der Waals surface area contributed by atoms with Crippen molar-refractivity contribution >= 4 is 29.3 Å².